The van der Waals surface area contributed by atoms with Crippen LogP contribution in [-0.2, 0) is 25.6 Å². The highest BCUT2D eigenvalue weighted by Crippen LogP contribution is 2.20. The van der Waals surface area contributed by atoms with Crippen LogP contribution in [0.1, 0.15) is 45.6 Å². The number of aromatic hydroxyl groups is 1. The number of carbonyl (C=O) groups excluding carboxylic acids is 3. The summed E-state index contributed by atoms with van der Waals surface area (Å²) in [6.45, 7) is 5.30. The summed E-state index contributed by atoms with van der Waals surface area (Å²) in [7, 11) is 0. The highest BCUT2D eigenvalue weighted by Gasteiger charge is 2.38. The number of phenolic OH excluding ortho intramolecular Hbond substituents is 1. The lowest BCUT2D eigenvalue weighted by molar-refractivity contribution is -0.145. The van der Waals surface area contributed by atoms with E-state index >= 15 is 0 Å². The first-order chi connectivity index (χ1) is 16.4. The first-order valence-corrected chi connectivity index (χ1v) is 11.8. The third-order valence-corrected chi connectivity index (χ3v) is 5.93. The van der Waals surface area contributed by atoms with Gasteiger partial charge in [-0.1, -0.05) is 26.0 Å². The number of aliphatic hydroxyl groups excluding tert-OH is 1. The maximum Gasteiger partial charge on any atom is 0.328 e. The van der Waals surface area contributed by atoms with Crippen molar-refractivity contribution in [2.45, 2.75) is 76.7 Å². The van der Waals surface area contributed by atoms with Crippen molar-refractivity contribution >= 4 is 23.7 Å². The predicted octanol–water partition coefficient (Wildman–Crippen LogP) is -0.266. The highest BCUT2D eigenvalue weighted by atomic mass is 16.4. The Morgan fingerprint density at radius 2 is 1.74 bits per heavy atom. The first kappa shape index (κ1) is 28.1. The van der Waals surface area contributed by atoms with Crippen LogP contribution in [0.2, 0.25) is 0 Å². The number of carbonyl (C=O) groups is 4. The number of likely N-dealkylation sites (tertiary alicyclic amines) is 1. The zero-order valence-corrected chi connectivity index (χ0v) is 20.3. The van der Waals surface area contributed by atoms with E-state index in [2.05, 4.69) is 10.6 Å². The van der Waals surface area contributed by atoms with Gasteiger partial charge in [0.05, 0.1) is 12.1 Å². The predicted molar refractivity (Wildman–Crippen MR) is 127 cm³/mol. The molecule has 1 aliphatic heterocycles. The summed E-state index contributed by atoms with van der Waals surface area (Å²) in [5.41, 5.74) is 6.89. The molecule has 0 aliphatic carbocycles. The topological polar surface area (TPSA) is 182 Å². The van der Waals surface area contributed by atoms with Crippen LogP contribution in [-0.4, -0.2) is 80.7 Å². The fourth-order valence-corrected chi connectivity index (χ4v) is 4.10. The fraction of sp³-hybridized carbons (Fsp3) is 0.583. The van der Waals surface area contributed by atoms with Crippen molar-refractivity contribution in [3.63, 3.8) is 0 Å². The van der Waals surface area contributed by atoms with E-state index in [-0.39, 0.29) is 30.4 Å². The highest BCUT2D eigenvalue weighted by molar-refractivity contribution is 5.94. The SMILES string of the molecule is CC(C)CC(NC(=O)C1CCCN1C(=O)C(N)Cc1ccc(O)cc1)C(=O)NC(C(=O)O)C(C)O. The Kier molecular flexibility index (Phi) is 10.0. The number of phenols is 1. The number of carboxylic acid groups (broad SMARTS) is 1. The van der Waals surface area contributed by atoms with Gasteiger partial charge < -0.3 is 36.6 Å². The van der Waals surface area contributed by atoms with Gasteiger partial charge in [-0.25, -0.2) is 4.79 Å². The number of amides is 3. The number of rotatable bonds is 11. The maximum absolute atomic E-state index is 13.1. The molecule has 194 valence electrons. The van der Waals surface area contributed by atoms with E-state index in [0.717, 1.165) is 5.56 Å². The van der Waals surface area contributed by atoms with Gasteiger partial charge in [0.1, 0.15) is 17.8 Å². The maximum atomic E-state index is 13.1. The zero-order valence-electron chi connectivity index (χ0n) is 20.3. The molecular formula is C24H36N4O7. The van der Waals surface area contributed by atoms with Crippen molar-refractivity contribution in [3.8, 4) is 5.75 Å². The average molecular weight is 493 g/mol. The Bertz CT molecular complexity index is 904. The van der Waals surface area contributed by atoms with Crippen LogP contribution >= 0.6 is 0 Å². The number of carboxylic acids is 1. The van der Waals surface area contributed by atoms with Gasteiger partial charge in [-0.2, -0.15) is 0 Å². The molecule has 1 saturated heterocycles. The van der Waals surface area contributed by atoms with E-state index in [4.69, 9.17) is 5.73 Å². The normalized spacial score (nSPS) is 19.0. The Labute approximate surface area is 204 Å². The molecule has 1 aliphatic rings. The average Bonchev–Trinajstić information content (AvgIpc) is 3.27. The monoisotopic (exact) mass is 492 g/mol. The Balaban J connectivity index is 2.08. The summed E-state index contributed by atoms with van der Waals surface area (Å²) in [6, 6.07) is 2.11. The number of hydrogen-bond acceptors (Lipinski definition) is 7. The van der Waals surface area contributed by atoms with E-state index in [9.17, 15) is 34.5 Å². The molecule has 0 bridgehead atoms. The molecule has 11 nitrogen and oxygen atoms in total. The number of benzene rings is 1. The second-order valence-electron chi connectivity index (χ2n) is 9.42. The second kappa shape index (κ2) is 12.5. The van der Waals surface area contributed by atoms with Crippen LogP contribution < -0.4 is 16.4 Å². The van der Waals surface area contributed by atoms with E-state index in [1.807, 2.05) is 13.8 Å². The van der Waals surface area contributed by atoms with Crippen LogP contribution in [0.4, 0.5) is 0 Å². The molecule has 7 N–H and O–H groups in total. The molecule has 35 heavy (non-hydrogen) atoms. The summed E-state index contributed by atoms with van der Waals surface area (Å²) in [5, 5.41) is 33.3. The molecule has 1 aromatic rings. The number of nitrogens with zero attached hydrogens (tertiary/aromatic N) is 1. The van der Waals surface area contributed by atoms with Crippen molar-refractivity contribution in [1.82, 2.24) is 15.5 Å². The summed E-state index contributed by atoms with van der Waals surface area (Å²) >= 11 is 0. The lowest BCUT2D eigenvalue weighted by Crippen LogP contribution is -2.58. The molecule has 0 saturated carbocycles. The lowest BCUT2D eigenvalue weighted by atomic mass is 10.0. The lowest BCUT2D eigenvalue weighted by Gasteiger charge is -2.29. The van der Waals surface area contributed by atoms with E-state index < -0.39 is 48.1 Å². The third kappa shape index (κ3) is 7.93. The van der Waals surface area contributed by atoms with E-state index in [1.165, 1.54) is 24.0 Å². The Morgan fingerprint density at radius 1 is 1.11 bits per heavy atom. The van der Waals surface area contributed by atoms with Crippen LogP contribution in [0.5, 0.6) is 5.75 Å². The number of nitrogens with one attached hydrogen (secondary N) is 2. The molecular weight excluding hydrogens is 456 g/mol. The minimum atomic E-state index is -1.52. The van der Waals surface area contributed by atoms with Crippen LogP contribution in [0.15, 0.2) is 24.3 Å². The van der Waals surface area contributed by atoms with Gasteiger partial charge in [-0.3, -0.25) is 14.4 Å². The Morgan fingerprint density at radius 3 is 2.29 bits per heavy atom. The van der Waals surface area contributed by atoms with Crippen LogP contribution in [0, 0.1) is 5.92 Å². The molecule has 0 aromatic heterocycles. The molecule has 2 rings (SSSR count). The molecule has 11 heteroatoms. The molecule has 1 fully saturated rings. The van der Waals surface area contributed by atoms with Crippen LogP contribution in [0.25, 0.3) is 0 Å². The van der Waals surface area contributed by atoms with Gasteiger partial charge in [-0.15, -0.1) is 0 Å². The molecule has 1 heterocycles. The minimum Gasteiger partial charge on any atom is -0.508 e. The number of nitrogens with two attached hydrogens (primary N) is 1. The molecule has 3 amide bonds. The molecule has 5 unspecified atom stereocenters. The van der Waals surface area contributed by atoms with Gasteiger partial charge in [0.2, 0.25) is 17.7 Å². The third-order valence-electron chi connectivity index (χ3n) is 5.93. The second-order valence-corrected chi connectivity index (χ2v) is 9.42. The van der Waals surface area contributed by atoms with Gasteiger partial charge in [0.25, 0.3) is 0 Å². The van der Waals surface area contributed by atoms with Crippen LogP contribution in [0.3, 0.4) is 0 Å². The summed E-state index contributed by atoms with van der Waals surface area (Å²) in [4.78, 5) is 51.7. The molecule has 0 spiro atoms. The van der Waals surface area contributed by atoms with Crippen molar-refractivity contribution in [2.24, 2.45) is 11.7 Å². The smallest absolute Gasteiger partial charge is 0.328 e. The van der Waals surface area contributed by atoms with Gasteiger partial charge in [0, 0.05) is 6.54 Å². The molecule has 1 aromatic carbocycles. The van der Waals surface area contributed by atoms with Gasteiger partial charge >= 0.3 is 5.97 Å². The first-order valence-electron chi connectivity index (χ1n) is 11.8. The molecule has 0 radical (unpaired) electrons. The largest absolute Gasteiger partial charge is 0.508 e. The number of hydrogen-bond donors (Lipinski definition) is 6. The number of aliphatic carboxylic acids is 1. The van der Waals surface area contributed by atoms with E-state index in [0.29, 0.717) is 19.4 Å². The standard InChI is InChI=1S/C24H36N4O7/c1-13(2)11-18(21(31)27-20(14(3)29)24(34)35)26-22(32)19-5-4-10-28(19)23(33)17(25)12-15-6-8-16(30)9-7-15/h6-9,13-14,17-20,29-30H,4-5,10-12,25H2,1-3H3,(H,26,32)(H,27,31)(H,34,35). The minimum absolute atomic E-state index is 0.000854. The molecule has 5 atom stereocenters. The zero-order chi connectivity index (χ0) is 26.3. The van der Waals surface area contributed by atoms with Crippen molar-refractivity contribution in [2.75, 3.05) is 6.54 Å². The van der Waals surface area contributed by atoms with E-state index in [1.54, 1.807) is 12.1 Å². The summed E-state index contributed by atoms with van der Waals surface area (Å²) in [5.74, 6) is -2.91. The van der Waals surface area contributed by atoms with Crippen molar-refractivity contribution in [1.29, 1.82) is 0 Å². The quantitative estimate of drug-likeness (QED) is 0.244. The van der Waals surface area contributed by atoms with Crippen molar-refractivity contribution < 1.29 is 34.5 Å². The summed E-state index contributed by atoms with van der Waals surface area (Å²) in [6.07, 6.45) is 0.151. The Hall–Kier alpha value is -3.18. The summed E-state index contributed by atoms with van der Waals surface area (Å²) < 4.78 is 0. The fourth-order valence-electron chi connectivity index (χ4n) is 4.10. The van der Waals surface area contributed by atoms with Crippen molar-refractivity contribution in [3.05, 3.63) is 29.8 Å². The van der Waals surface area contributed by atoms with Gasteiger partial charge in [-0.05, 0) is 56.2 Å². The number of aliphatic hydroxyl groups is 1. The van der Waals surface area contributed by atoms with Gasteiger partial charge in [0.15, 0.2) is 6.04 Å².